The molecule has 0 unspecified atom stereocenters. The van der Waals surface area contributed by atoms with Crippen molar-refractivity contribution in [2.75, 3.05) is 46.3 Å². The summed E-state index contributed by atoms with van der Waals surface area (Å²) in [5, 5.41) is 3.34. The lowest BCUT2D eigenvalue weighted by atomic mass is 9.84. The van der Waals surface area contributed by atoms with E-state index in [4.69, 9.17) is 0 Å². The Morgan fingerprint density at radius 3 is 2.54 bits per heavy atom. The number of hydrogen-bond acceptors (Lipinski definition) is 3. The number of fused-ring (bicyclic) bond motifs is 1. The highest BCUT2D eigenvalue weighted by atomic mass is 16.2. The van der Waals surface area contributed by atoms with Gasteiger partial charge in [-0.15, -0.1) is 0 Å². The first-order valence-electron chi connectivity index (χ1n) is 11.1. The van der Waals surface area contributed by atoms with Crippen molar-refractivity contribution in [1.82, 2.24) is 20.0 Å². The second kappa shape index (κ2) is 8.42. The minimum Gasteiger partial charge on any atom is -0.336 e. The van der Waals surface area contributed by atoms with Crippen LogP contribution in [-0.2, 0) is 13.0 Å². The number of urea groups is 1. The molecule has 2 amide bonds. The van der Waals surface area contributed by atoms with Gasteiger partial charge >= 0.3 is 6.03 Å². The van der Waals surface area contributed by atoms with Crippen LogP contribution >= 0.6 is 0 Å². The number of aryl methyl sites for hydroxylation is 1. The lowest BCUT2D eigenvalue weighted by molar-refractivity contribution is 0.0153. The van der Waals surface area contributed by atoms with Gasteiger partial charge in [0.15, 0.2) is 0 Å². The van der Waals surface area contributed by atoms with Crippen LogP contribution in [0.25, 0.3) is 0 Å². The molecule has 3 aliphatic rings. The Hall–Kier alpha value is -1.59. The van der Waals surface area contributed by atoms with Gasteiger partial charge in [-0.1, -0.05) is 30.2 Å². The zero-order valence-corrected chi connectivity index (χ0v) is 17.7. The Bertz CT molecular complexity index is 690. The van der Waals surface area contributed by atoms with Crippen molar-refractivity contribution in [3.63, 3.8) is 0 Å². The number of piperidine rings is 2. The molecule has 4 rings (SSSR count). The Labute approximate surface area is 170 Å². The molecule has 154 valence electrons. The van der Waals surface area contributed by atoms with Crippen LogP contribution in [0.2, 0.25) is 0 Å². The Kier molecular flexibility index (Phi) is 5.93. The van der Waals surface area contributed by atoms with Crippen LogP contribution in [0, 0.1) is 6.92 Å². The average Bonchev–Trinajstić information content (AvgIpc) is 2.73. The number of amides is 2. The van der Waals surface area contributed by atoms with Crippen LogP contribution in [-0.4, -0.2) is 72.6 Å². The summed E-state index contributed by atoms with van der Waals surface area (Å²) in [6.07, 6.45) is 7.23. The Balaban J connectivity index is 1.39. The molecule has 0 radical (unpaired) electrons. The van der Waals surface area contributed by atoms with Crippen molar-refractivity contribution >= 4 is 6.03 Å². The van der Waals surface area contributed by atoms with Gasteiger partial charge in [-0.05, 0) is 83.4 Å². The van der Waals surface area contributed by atoms with E-state index in [1.165, 1.54) is 49.0 Å². The van der Waals surface area contributed by atoms with Crippen LogP contribution in [0.4, 0.5) is 4.79 Å². The normalized spacial score (nSPS) is 23.3. The summed E-state index contributed by atoms with van der Waals surface area (Å²) in [6, 6.07) is 6.73. The number of carbonyl (C=O) groups excluding carboxylic acids is 1. The molecule has 0 atom stereocenters. The van der Waals surface area contributed by atoms with Crippen LogP contribution < -0.4 is 5.32 Å². The summed E-state index contributed by atoms with van der Waals surface area (Å²) in [5.41, 5.74) is 4.16. The molecule has 0 bridgehead atoms. The zero-order valence-electron chi connectivity index (χ0n) is 17.7. The third kappa shape index (κ3) is 4.20. The molecule has 2 saturated heterocycles. The van der Waals surface area contributed by atoms with Crippen molar-refractivity contribution in [2.24, 2.45) is 0 Å². The van der Waals surface area contributed by atoms with Gasteiger partial charge in [0.25, 0.3) is 0 Å². The number of nitrogens with one attached hydrogen (secondary N) is 1. The number of likely N-dealkylation sites (tertiary alicyclic amines) is 2. The fourth-order valence-electron chi connectivity index (χ4n) is 5.21. The van der Waals surface area contributed by atoms with Gasteiger partial charge in [-0.2, -0.15) is 0 Å². The standard InChI is InChI=1S/C23H36N4O/c1-19-6-7-21-17-26(13-8-20(21)16-19)22(28)24-18-23(9-14-25(2)15-10-23)27-11-4-3-5-12-27/h6-7,16H,3-5,8-15,17-18H2,1-2H3,(H,24,28). The van der Waals surface area contributed by atoms with Gasteiger partial charge in [-0.25, -0.2) is 4.79 Å². The molecular weight excluding hydrogens is 348 g/mol. The minimum atomic E-state index is 0.113. The molecule has 1 N–H and O–H groups in total. The maximum absolute atomic E-state index is 13.0. The largest absolute Gasteiger partial charge is 0.336 e. The second-order valence-corrected chi connectivity index (χ2v) is 9.18. The molecule has 5 nitrogen and oxygen atoms in total. The highest BCUT2D eigenvalue weighted by Gasteiger charge is 2.40. The smallest absolute Gasteiger partial charge is 0.317 e. The number of hydrogen-bond donors (Lipinski definition) is 1. The fourth-order valence-corrected chi connectivity index (χ4v) is 5.21. The van der Waals surface area contributed by atoms with E-state index in [-0.39, 0.29) is 11.6 Å². The summed E-state index contributed by atoms with van der Waals surface area (Å²) in [7, 11) is 2.21. The summed E-state index contributed by atoms with van der Waals surface area (Å²) in [5.74, 6) is 0. The van der Waals surface area contributed by atoms with Gasteiger partial charge in [0, 0.05) is 25.2 Å². The first-order valence-corrected chi connectivity index (χ1v) is 11.1. The maximum Gasteiger partial charge on any atom is 0.317 e. The van der Waals surface area contributed by atoms with Crippen LogP contribution in [0.1, 0.15) is 48.8 Å². The van der Waals surface area contributed by atoms with E-state index in [0.29, 0.717) is 0 Å². The molecule has 1 aromatic rings. The quantitative estimate of drug-likeness (QED) is 0.871. The van der Waals surface area contributed by atoms with Gasteiger partial charge in [-0.3, -0.25) is 4.90 Å². The van der Waals surface area contributed by atoms with E-state index >= 15 is 0 Å². The van der Waals surface area contributed by atoms with E-state index in [1.54, 1.807) is 0 Å². The molecule has 1 aromatic carbocycles. The summed E-state index contributed by atoms with van der Waals surface area (Å²) < 4.78 is 0. The molecule has 3 aliphatic heterocycles. The molecule has 3 heterocycles. The second-order valence-electron chi connectivity index (χ2n) is 9.18. The molecule has 5 heteroatoms. The zero-order chi connectivity index (χ0) is 19.6. The third-order valence-corrected chi connectivity index (χ3v) is 7.17. The van der Waals surface area contributed by atoms with Crippen LogP contribution in [0.5, 0.6) is 0 Å². The molecule has 0 spiro atoms. The van der Waals surface area contributed by atoms with Crippen LogP contribution in [0.3, 0.4) is 0 Å². The first-order chi connectivity index (χ1) is 13.6. The van der Waals surface area contributed by atoms with Gasteiger partial charge in [0.2, 0.25) is 0 Å². The molecule has 2 fully saturated rings. The maximum atomic E-state index is 13.0. The number of nitrogens with zero attached hydrogens (tertiary/aromatic N) is 3. The topological polar surface area (TPSA) is 38.8 Å². The molecule has 0 aromatic heterocycles. The monoisotopic (exact) mass is 384 g/mol. The SMILES string of the molecule is Cc1ccc2c(c1)CCN(C(=O)NCC1(N3CCCCC3)CCN(C)CC1)C2. The third-order valence-electron chi connectivity index (χ3n) is 7.17. The molecular formula is C23H36N4O. The minimum absolute atomic E-state index is 0.113. The average molecular weight is 385 g/mol. The van der Waals surface area contributed by atoms with Gasteiger partial charge in [0.05, 0.1) is 0 Å². The molecule has 28 heavy (non-hydrogen) atoms. The number of carbonyl (C=O) groups is 1. The molecule has 0 saturated carbocycles. The van der Waals surface area contributed by atoms with Crippen LogP contribution in [0.15, 0.2) is 18.2 Å². The highest BCUT2D eigenvalue weighted by Crippen LogP contribution is 2.31. The Morgan fingerprint density at radius 1 is 1.04 bits per heavy atom. The highest BCUT2D eigenvalue weighted by molar-refractivity contribution is 5.74. The van der Waals surface area contributed by atoms with Crippen molar-refractivity contribution in [3.8, 4) is 0 Å². The van der Waals surface area contributed by atoms with E-state index < -0.39 is 0 Å². The van der Waals surface area contributed by atoms with Gasteiger partial charge < -0.3 is 15.1 Å². The number of benzene rings is 1. The van der Waals surface area contributed by atoms with Crippen molar-refractivity contribution in [1.29, 1.82) is 0 Å². The summed E-state index contributed by atoms with van der Waals surface area (Å²) in [6.45, 7) is 9.12. The predicted octanol–water partition coefficient (Wildman–Crippen LogP) is 3.01. The van der Waals surface area contributed by atoms with Crippen molar-refractivity contribution in [3.05, 3.63) is 34.9 Å². The lowest BCUT2D eigenvalue weighted by Crippen LogP contribution is -2.62. The van der Waals surface area contributed by atoms with E-state index in [1.807, 2.05) is 4.90 Å². The first kappa shape index (κ1) is 19.7. The van der Waals surface area contributed by atoms with E-state index in [0.717, 1.165) is 52.0 Å². The van der Waals surface area contributed by atoms with Crippen molar-refractivity contribution in [2.45, 2.75) is 57.5 Å². The van der Waals surface area contributed by atoms with Gasteiger partial charge in [0.1, 0.15) is 0 Å². The Morgan fingerprint density at radius 2 is 1.79 bits per heavy atom. The molecule has 0 aliphatic carbocycles. The lowest BCUT2D eigenvalue weighted by Gasteiger charge is -2.50. The fraction of sp³-hybridized carbons (Fsp3) is 0.696. The van der Waals surface area contributed by atoms with Crippen molar-refractivity contribution < 1.29 is 4.79 Å². The van der Waals surface area contributed by atoms with E-state index in [9.17, 15) is 4.79 Å². The summed E-state index contributed by atoms with van der Waals surface area (Å²) in [4.78, 5) is 20.1. The van der Waals surface area contributed by atoms with E-state index in [2.05, 4.69) is 47.3 Å². The number of rotatable bonds is 3. The summed E-state index contributed by atoms with van der Waals surface area (Å²) >= 11 is 0. The predicted molar refractivity (Wildman–Crippen MR) is 114 cm³/mol.